The van der Waals surface area contributed by atoms with Crippen molar-refractivity contribution < 1.29 is 4.79 Å². The maximum Gasteiger partial charge on any atom is 0.316 e. The van der Waals surface area contributed by atoms with Gasteiger partial charge in [0.2, 0.25) is 0 Å². The Morgan fingerprint density at radius 2 is 1.77 bits per heavy atom. The van der Waals surface area contributed by atoms with E-state index < -0.39 is 0 Å². The molecule has 0 aliphatic rings. The van der Waals surface area contributed by atoms with Gasteiger partial charge in [0.15, 0.2) is 0 Å². The highest BCUT2D eigenvalue weighted by Crippen LogP contribution is 1.89. The van der Waals surface area contributed by atoms with Crippen LogP contribution < -0.4 is 5.32 Å². The van der Waals surface area contributed by atoms with E-state index in [9.17, 15) is 4.79 Å². The van der Waals surface area contributed by atoms with Crippen molar-refractivity contribution in [3.05, 3.63) is 0 Å². The summed E-state index contributed by atoms with van der Waals surface area (Å²) in [5.74, 6) is 0. The summed E-state index contributed by atoms with van der Waals surface area (Å²) in [5.41, 5.74) is 0. The molecule has 0 radical (unpaired) electrons. The first-order chi connectivity index (χ1) is 6.15. The summed E-state index contributed by atoms with van der Waals surface area (Å²) in [4.78, 5) is 15.1. The quantitative estimate of drug-likeness (QED) is 0.684. The van der Waals surface area contributed by atoms with Crippen LogP contribution in [-0.4, -0.2) is 56.1 Å². The minimum absolute atomic E-state index is 0.0212. The largest absolute Gasteiger partial charge is 0.341 e. The Bertz CT molecular complexity index is 146. The fourth-order valence-corrected chi connectivity index (χ4v) is 1.12. The highest BCUT2D eigenvalue weighted by Gasteiger charge is 2.06. The predicted molar refractivity (Wildman–Crippen MR) is 54.9 cm³/mol. The zero-order valence-electron chi connectivity index (χ0n) is 9.13. The lowest BCUT2D eigenvalue weighted by molar-refractivity contribution is 0.199. The Labute approximate surface area is 80.9 Å². The Morgan fingerprint density at radius 3 is 2.15 bits per heavy atom. The van der Waals surface area contributed by atoms with Gasteiger partial charge in [0, 0.05) is 27.2 Å². The predicted octanol–water partition coefficient (Wildman–Crippen LogP) is 0.599. The first kappa shape index (κ1) is 12.2. The van der Waals surface area contributed by atoms with Gasteiger partial charge in [-0.1, -0.05) is 13.8 Å². The first-order valence-electron chi connectivity index (χ1n) is 4.80. The van der Waals surface area contributed by atoms with E-state index in [1.165, 1.54) is 0 Å². The third-order valence-corrected chi connectivity index (χ3v) is 2.21. The van der Waals surface area contributed by atoms with Crippen LogP contribution in [0.3, 0.4) is 0 Å². The Balaban J connectivity index is 3.67. The molecule has 13 heavy (non-hydrogen) atoms. The SMILES string of the molecule is CCN(CC)CCN(C)C(=O)NC. The molecule has 1 N–H and O–H groups in total. The number of hydrogen-bond acceptors (Lipinski definition) is 2. The van der Waals surface area contributed by atoms with Gasteiger partial charge in [-0.2, -0.15) is 0 Å². The first-order valence-corrected chi connectivity index (χ1v) is 4.80. The molecule has 2 amide bonds. The van der Waals surface area contributed by atoms with Gasteiger partial charge in [-0.05, 0) is 13.1 Å². The number of urea groups is 1. The molecule has 0 spiro atoms. The van der Waals surface area contributed by atoms with Gasteiger partial charge >= 0.3 is 6.03 Å². The van der Waals surface area contributed by atoms with Gasteiger partial charge in [0.1, 0.15) is 0 Å². The number of carbonyl (C=O) groups is 1. The fraction of sp³-hybridized carbons (Fsp3) is 0.889. The minimum Gasteiger partial charge on any atom is -0.341 e. The molecule has 0 aromatic carbocycles. The topological polar surface area (TPSA) is 35.6 Å². The van der Waals surface area contributed by atoms with E-state index in [2.05, 4.69) is 24.1 Å². The summed E-state index contributed by atoms with van der Waals surface area (Å²) >= 11 is 0. The van der Waals surface area contributed by atoms with Crippen molar-refractivity contribution in [2.45, 2.75) is 13.8 Å². The van der Waals surface area contributed by atoms with Crippen LogP contribution in [0.15, 0.2) is 0 Å². The lowest BCUT2D eigenvalue weighted by Crippen LogP contribution is -2.40. The second-order valence-corrected chi connectivity index (χ2v) is 3.00. The maximum atomic E-state index is 11.1. The van der Waals surface area contributed by atoms with Crippen LogP contribution in [0.2, 0.25) is 0 Å². The molecule has 0 atom stereocenters. The van der Waals surface area contributed by atoms with Crippen LogP contribution in [0.25, 0.3) is 0 Å². The van der Waals surface area contributed by atoms with E-state index in [-0.39, 0.29) is 6.03 Å². The van der Waals surface area contributed by atoms with Crippen LogP contribution >= 0.6 is 0 Å². The third kappa shape index (κ3) is 4.72. The van der Waals surface area contributed by atoms with Crippen LogP contribution in [0, 0.1) is 0 Å². The number of hydrogen-bond donors (Lipinski definition) is 1. The van der Waals surface area contributed by atoms with E-state index in [1.54, 1.807) is 11.9 Å². The second kappa shape index (κ2) is 6.71. The number of likely N-dealkylation sites (N-methyl/N-ethyl adjacent to an activating group) is 2. The highest BCUT2D eigenvalue weighted by molar-refractivity contribution is 5.73. The second-order valence-electron chi connectivity index (χ2n) is 3.00. The molecule has 0 aromatic heterocycles. The number of nitrogens with one attached hydrogen (secondary N) is 1. The molecule has 0 saturated heterocycles. The zero-order valence-corrected chi connectivity index (χ0v) is 9.13. The minimum atomic E-state index is -0.0212. The van der Waals surface area contributed by atoms with E-state index in [0.29, 0.717) is 0 Å². The monoisotopic (exact) mass is 187 g/mol. The average Bonchev–Trinajstić information content (AvgIpc) is 2.17. The molecule has 4 heteroatoms. The summed E-state index contributed by atoms with van der Waals surface area (Å²) in [7, 11) is 3.46. The zero-order chi connectivity index (χ0) is 10.3. The van der Waals surface area contributed by atoms with Crippen LogP contribution in [0.1, 0.15) is 13.8 Å². The van der Waals surface area contributed by atoms with Crippen molar-refractivity contribution in [2.24, 2.45) is 0 Å². The Kier molecular flexibility index (Phi) is 6.32. The Morgan fingerprint density at radius 1 is 1.23 bits per heavy atom. The number of nitrogens with zero attached hydrogens (tertiary/aromatic N) is 2. The molecule has 78 valence electrons. The van der Waals surface area contributed by atoms with Gasteiger partial charge in [-0.3, -0.25) is 0 Å². The molecule has 0 unspecified atom stereocenters. The molecule has 0 saturated carbocycles. The number of carbonyl (C=O) groups excluding carboxylic acids is 1. The molecule has 0 aromatic rings. The molecule has 0 aliphatic carbocycles. The van der Waals surface area contributed by atoms with Crippen molar-refractivity contribution in [2.75, 3.05) is 40.3 Å². The van der Waals surface area contributed by atoms with E-state index in [4.69, 9.17) is 0 Å². The van der Waals surface area contributed by atoms with Gasteiger partial charge < -0.3 is 15.1 Å². The Hall–Kier alpha value is -0.770. The number of rotatable bonds is 5. The lowest BCUT2D eigenvalue weighted by atomic mass is 10.4. The summed E-state index contributed by atoms with van der Waals surface area (Å²) in [6.45, 7) is 8.06. The van der Waals surface area contributed by atoms with Gasteiger partial charge in [0.05, 0.1) is 0 Å². The fourth-order valence-electron chi connectivity index (χ4n) is 1.12. The molecule has 0 aliphatic heterocycles. The lowest BCUT2D eigenvalue weighted by Gasteiger charge is -2.22. The number of amides is 2. The van der Waals surface area contributed by atoms with Crippen molar-refractivity contribution in [3.63, 3.8) is 0 Å². The van der Waals surface area contributed by atoms with Gasteiger partial charge in [-0.25, -0.2) is 4.79 Å². The van der Waals surface area contributed by atoms with Gasteiger partial charge in [0.25, 0.3) is 0 Å². The third-order valence-electron chi connectivity index (χ3n) is 2.21. The molecule has 4 nitrogen and oxygen atoms in total. The molecular formula is C9H21N3O. The summed E-state index contributed by atoms with van der Waals surface area (Å²) < 4.78 is 0. The summed E-state index contributed by atoms with van der Waals surface area (Å²) in [6.07, 6.45) is 0. The standard InChI is InChI=1S/C9H21N3O/c1-5-12(6-2)8-7-11(4)9(13)10-3/h5-8H2,1-4H3,(H,10,13). The van der Waals surface area contributed by atoms with E-state index in [0.717, 1.165) is 26.2 Å². The van der Waals surface area contributed by atoms with E-state index >= 15 is 0 Å². The van der Waals surface area contributed by atoms with Crippen molar-refractivity contribution in [1.29, 1.82) is 0 Å². The highest BCUT2D eigenvalue weighted by atomic mass is 16.2. The smallest absolute Gasteiger partial charge is 0.316 e. The summed E-state index contributed by atoms with van der Waals surface area (Å²) in [5, 5.41) is 2.59. The van der Waals surface area contributed by atoms with Crippen molar-refractivity contribution in [3.8, 4) is 0 Å². The van der Waals surface area contributed by atoms with Crippen LogP contribution in [-0.2, 0) is 0 Å². The molecule has 0 fully saturated rings. The van der Waals surface area contributed by atoms with Crippen LogP contribution in [0.4, 0.5) is 4.79 Å². The summed E-state index contributed by atoms with van der Waals surface area (Å²) in [6, 6.07) is -0.0212. The normalized spacial score (nSPS) is 10.2. The van der Waals surface area contributed by atoms with Crippen molar-refractivity contribution in [1.82, 2.24) is 15.1 Å². The van der Waals surface area contributed by atoms with Gasteiger partial charge in [-0.15, -0.1) is 0 Å². The molecule has 0 bridgehead atoms. The molecular weight excluding hydrogens is 166 g/mol. The van der Waals surface area contributed by atoms with Crippen molar-refractivity contribution >= 4 is 6.03 Å². The molecule has 0 rings (SSSR count). The van der Waals surface area contributed by atoms with E-state index in [1.807, 2.05) is 7.05 Å². The molecule has 0 heterocycles. The maximum absolute atomic E-state index is 11.1. The van der Waals surface area contributed by atoms with Crippen LogP contribution in [0.5, 0.6) is 0 Å². The average molecular weight is 187 g/mol.